The number of carboxylic acid groups (broad SMARTS) is 1. The molecular formula is C7H6N4O4. The van der Waals surface area contributed by atoms with Gasteiger partial charge in [0.05, 0.1) is 6.54 Å². The fourth-order valence-corrected chi connectivity index (χ4v) is 0.878. The Labute approximate surface area is 82.9 Å². The van der Waals surface area contributed by atoms with E-state index in [-0.39, 0.29) is 18.3 Å². The molecule has 2 N–H and O–H groups in total. The van der Waals surface area contributed by atoms with E-state index in [0.717, 1.165) is 6.26 Å². The first-order valence-electron chi connectivity index (χ1n) is 3.93. The number of aromatic carboxylic acids is 1. The van der Waals surface area contributed by atoms with Gasteiger partial charge >= 0.3 is 5.97 Å². The van der Waals surface area contributed by atoms with Gasteiger partial charge in [0.25, 0.3) is 6.01 Å². The number of aromatic nitrogens is 3. The lowest BCUT2D eigenvalue weighted by molar-refractivity contribution is 0.0690. The Kier molecular flexibility index (Phi) is 2.31. The lowest BCUT2D eigenvalue weighted by Gasteiger charge is -1.94. The van der Waals surface area contributed by atoms with E-state index < -0.39 is 5.97 Å². The molecule has 15 heavy (non-hydrogen) atoms. The molecule has 0 radical (unpaired) electrons. The molecule has 0 aliphatic heterocycles. The van der Waals surface area contributed by atoms with Crippen molar-refractivity contribution in [2.75, 3.05) is 5.32 Å². The molecule has 2 aromatic rings. The number of rotatable bonds is 4. The quantitative estimate of drug-likeness (QED) is 0.743. The maximum absolute atomic E-state index is 10.5. The minimum absolute atomic E-state index is 0.0946. The second-order valence-electron chi connectivity index (χ2n) is 2.54. The first-order valence-corrected chi connectivity index (χ1v) is 3.93. The van der Waals surface area contributed by atoms with Crippen LogP contribution >= 0.6 is 0 Å². The number of anilines is 1. The zero-order valence-corrected chi connectivity index (χ0v) is 7.38. The maximum Gasteiger partial charge on any atom is 0.357 e. The van der Waals surface area contributed by atoms with E-state index >= 15 is 0 Å². The van der Waals surface area contributed by atoms with E-state index in [1.165, 1.54) is 6.39 Å². The summed E-state index contributed by atoms with van der Waals surface area (Å²) < 4.78 is 9.34. The number of hydrogen-bond donors (Lipinski definition) is 2. The first-order chi connectivity index (χ1) is 7.25. The van der Waals surface area contributed by atoms with E-state index in [9.17, 15) is 4.79 Å². The molecule has 2 aromatic heterocycles. The van der Waals surface area contributed by atoms with Crippen LogP contribution < -0.4 is 5.32 Å². The predicted molar refractivity (Wildman–Crippen MR) is 45.1 cm³/mol. The summed E-state index contributed by atoms with van der Waals surface area (Å²) >= 11 is 0. The van der Waals surface area contributed by atoms with Crippen molar-refractivity contribution in [2.45, 2.75) is 6.54 Å². The lowest BCUT2D eigenvalue weighted by atomic mass is 10.5. The molecule has 0 amide bonds. The molecule has 0 saturated carbocycles. The zero-order valence-electron chi connectivity index (χ0n) is 7.38. The van der Waals surface area contributed by atoms with Gasteiger partial charge < -0.3 is 19.4 Å². The predicted octanol–water partition coefficient (Wildman–Crippen LogP) is 0.368. The molecule has 0 aromatic carbocycles. The minimum Gasteiger partial charge on any atom is -0.476 e. The summed E-state index contributed by atoms with van der Waals surface area (Å²) in [5, 5.41) is 14.8. The number of nitrogens with zero attached hydrogens (tertiary/aromatic N) is 3. The molecule has 8 heteroatoms. The molecule has 2 heterocycles. The highest BCUT2D eigenvalue weighted by atomic mass is 16.5. The highest BCUT2D eigenvalue weighted by Crippen LogP contribution is 2.07. The van der Waals surface area contributed by atoms with Crippen LogP contribution in [0, 0.1) is 0 Å². The van der Waals surface area contributed by atoms with Crippen molar-refractivity contribution in [3.05, 3.63) is 24.2 Å². The van der Waals surface area contributed by atoms with E-state index in [1.807, 2.05) is 0 Å². The van der Waals surface area contributed by atoms with Gasteiger partial charge in [-0.05, 0) is 0 Å². The van der Waals surface area contributed by atoms with Crippen LogP contribution in [0.4, 0.5) is 6.01 Å². The van der Waals surface area contributed by atoms with Gasteiger partial charge in [0.15, 0.2) is 11.5 Å². The summed E-state index contributed by atoms with van der Waals surface area (Å²) in [7, 11) is 0. The van der Waals surface area contributed by atoms with Crippen LogP contribution in [0.25, 0.3) is 0 Å². The van der Waals surface area contributed by atoms with Crippen molar-refractivity contribution in [2.24, 2.45) is 0 Å². The number of nitrogens with one attached hydrogen (secondary N) is 1. The van der Waals surface area contributed by atoms with Gasteiger partial charge in [0, 0.05) is 0 Å². The van der Waals surface area contributed by atoms with Gasteiger partial charge in [-0.15, -0.1) is 0 Å². The van der Waals surface area contributed by atoms with Crippen LogP contribution in [0.2, 0.25) is 0 Å². The van der Waals surface area contributed by atoms with Gasteiger partial charge in [0.1, 0.15) is 6.26 Å². The van der Waals surface area contributed by atoms with E-state index in [0.29, 0.717) is 5.82 Å². The van der Waals surface area contributed by atoms with Crippen molar-refractivity contribution >= 4 is 12.0 Å². The Morgan fingerprint density at radius 3 is 3.07 bits per heavy atom. The van der Waals surface area contributed by atoms with Crippen LogP contribution in [0.5, 0.6) is 0 Å². The second-order valence-corrected chi connectivity index (χ2v) is 2.54. The number of oxazole rings is 1. The average Bonchev–Trinajstić information content (AvgIpc) is 2.86. The Hall–Kier alpha value is -2.38. The summed E-state index contributed by atoms with van der Waals surface area (Å²) in [5.41, 5.74) is -0.161. The molecule has 0 aliphatic carbocycles. The molecular weight excluding hydrogens is 204 g/mol. The Morgan fingerprint density at radius 2 is 2.47 bits per heavy atom. The molecule has 0 unspecified atom stereocenters. The fraction of sp³-hybridized carbons (Fsp3) is 0.143. The Morgan fingerprint density at radius 1 is 1.60 bits per heavy atom. The van der Waals surface area contributed by atoms with Crippen LogP contribution in [-0.4, -0.2) is 26.2 Å². The third kappa shape index (κ3) is 2.10. The maximum atomic E-state index is 10.5. The Bertz CT molecular complexity index is 449. The van der Waals surface area contributed by atoms with E-state index in [2.05, 4.69) is 25.0 Å². The highest BCUT2D eigenvalue weighted by molar-refractivity contribution is 5.85. The van der Waals surface area contributed by atoms with E-state index in [4.69, 9.17) is 9.52 Å². The molecule has 8 nitrogen and oxygen atoms in total. The number of hydrogen-bond acceptors (Lipinski definition) is 7. The van der Waals surface area contributed by atoms with Crippen molar-refractivity contribution in [1.82, 2.24) is 15.1 Å². The molecule has 0 aliphatic rings. The summed E-state index contributed by atoms with van der Waals surface area (Å²) in [4.78, 5) is 17.9. The summed E-state index contributed by atoms with van der Waals surface area (Å²) in [6, 6.07) is 0.0946. The zero-order chi connectivity index (χ0) is 10.7. The van der Waals surface area contributed by atoms with Gasteiger partial charge in [-0.25, -0.2) is 4.79 Å². The largest absolute Gasteiger partial charge is 0.476 e. The van der Waals surface area contributed by atoms with Gasteiger partial charge in [0.2, 0.25) is 6.39 Å². The lowest BCUT2D eigenvalue weighted by Crippen LogP contribution is -2.02. The molecule has 0 saturated heterocycles. The van der Waals surface area contributed by atoms with Crippen LogP contribution in [0.15, 0.2) is 21.6 Å². The standard InChI is InChI=1S/C7H6N4O4/c12-6(13)4-2-14-7(10-4)8-1-5-9-3-15-11-5/h2-3H,1H2,(H,8,10)(H,12,13). The molecule has 0 fully saturated rings. The van der Waals surface area contributed by atoms with Crippen LogP contribution in [0.3, 0.4) is 0 Å². The summed E-state index contributed by atoms with van der Waals surface area (Å²) in [5.74, 6) is -0.726. The first kappa shape index (κ1) is 9.19. The normalized spacial score (nSPS) is 10.1. The third-order valence-electron chi connectivity index (χ3n) is 1.53. The average molecular weight is 210 g/mol. The van der Waals surface area contributed by atoms with Gasteiger partial charge in [-0.3, -0.25) is 0 Å². The molecule has 0 atom stereocenters. The SMILES string of the molecule is O=C(O)c1coc(NCc2ncon2)n1. The van der Waals surface area contributed by atoms with Crippen LogP contribution in [0.1, 0.15) is 16.3 Å². The molecule has 0 spiro atoms. The minimum atomic E-state index is -1.15. The molecule has 78 valence electrons. The third-order valence-corrected chi connectivity index (χ3v) is 1.53. The monoisotopic (exact) mass is 210 g/mol. The van der Waals surface area contributed by atoms with E-state index in [1.54, 1.807) is 0 Å². The summed E-state index contributed by atoms with van der Waals surface area (Å²) in [6.07, 6.45) is 2.23. The fourth-order valence-electron chi connectivity index (χ4n) is 0.878. The number of carboxylic acids is 1. The van der Waals surface area contributed by atoms with Gasteiger partial charge in [-0.1, -0.05) is 5.16 Å². The van der Waals surface area contributed by atoms with Crippen molar-refractivity contribution in [3.8, 4) is 0 Å². The molecule has 2 rings (SSSR count). The van der Waals surface area contributed by atoms with Gasteiger partial charge in [-0.2, -0.15) is 9.97 Å². The van der Waals surface area contributed by atoms with Crippen molar-refractivity contribution in [1.29, 1.82) is 0 Å². The van der Waals surface area contributed by atoms with Crippen molar-refractivity contribution in [3.63, 3.8) is 0 Å². The number of carbonyl (C=O) groups is 1. The van der Waals surface area contributed by atoms with Crippen molar-refractivity contribution < 1.29 is 18.8 Å². The summed E-state index contributed by atoms with van der Waals surface area (Å²) in [6.45, 7) is 0.246. The smallest absolute Gasteiger partial charge is 0.357 e. The topological polar surface area (TPSA) is 114 Å². The molecule has 0 bridgehead atoms. The van der Waals surface area contributed by atoms with Crippen LogP contribution in [-0.2, 0) is 6.54 Å². The highest BCUT2D eigenvalue weighted by Gasteiger charge is 2.10. The second kappa shape index (κ2) is 3.78. The Balaban J connectivity index is 1.96.